The topological polar surface area (TPSA) is 38.3 Å². The van der Waals surface area contributed by atoms with Crippen LogP contribution in [0.5, 0.6) is 0 Å². The van der Waals surface area contributed by atoms with Gasteiger partial charge in [-0.25, -0.2) is 0 Å². The Hall–Kier alpha value is -1.49. The van der Waals surface area contributed by atoms with Crippen molar-refractivity contribution in [3.63, 3.8) is 0 Å². The molecule has 0 radical (unpaired) electrons. The molecule has 0 saturated heterocycles. The van der Waals surface area contributed by atoms with Gasteiger partial charge in [-0.05, 0) is 35.7 Å². The Morgan fingerprint density at radius 1 is 1.17 bits per heavy atom. The molecule has 3 nitrogen and oxygen atoms in total. The maximum absolute atomic E-state index is 12.0. The Morgan fingerprint density at radius 2 is 1.96 bits per heavy atom. The highest BCUT2D eigenvalue weighted by molar-refractivity contribution is 7.99. The lowest BCUT2D eigenvalue weighted by Crippen LogP contribution is -2.25. The minimum absolute atomic E-state index is 0.0354. The van der Waals surface area contributed by atoms with E-state index in [9.17, 15) is 4.79 Å². The Bertz CT molecular complexity index is 663. The molecule has 1 N–H and O–H groups in total. The van der Waals surface area contributed by atoms with Crippen molar-refractivity contribution >= 4 is 29.3 Å². The number of benzene rings is 2. The number of nitrogens with one attached hydrogen (secondary N) is 1. The van der Waals surface area contributed by atoms with E-state index in [0.29, 0.717) is 25.5 Å². The van der Waals surface area contributed by atoms with Crippen LogP contribution in [0.15, 0.2) is 48.5 Å². The lowest BCUT2D eigenvalue weighted by Gasteiger charge is -2.11. The van der Waals surface area contributed by atoms with Crippen LogP contribution in [0.1, 0.15) is 23.6 Å². The molecule has 0 aliphatic carbocycles. The molecule has 0 saturated carbocycles. The highest BCUT2D eigenvalue weighted by Crippen LogP contribution is 2.16. The summed E-state index contributed by atoms with van der Waals surface area (Å²) in [5, 5.41) is 3.70. The van der Waals surface area contributed by atoms with E-state index in [-0.39, 0.29) is 5.91 Å². The van der Waals surface area contributed by atoms with E-state index in [1.807, 2.05) is 55.5 Å². The number of amides is 1. The number of thioether (sulfide) groups is 1. The first-order chi connectivity index (χ1) is 11.7. The second kappa shape index (κ2) is 10.4. The van der Waals surface area contributed by atoms with Gasteiger partial charge in [-0.3, -0.25) is 4.79 Å². The quantitative estimate of drug-likeness (QED) is 0.716. The summed E-state index contributed by atoms with van der Waals surface area (Å²) >= 11 is 7.54. The van der Waals surface area contributed by atoms with Gasteiger partial charge in [0, 0.05) is 23.9 Å². The van der Waals surface area contributed by atoms with Crippen LogP contribution >= 0.6 is 23.4 Å². The molecule has 1 amide bonds. The summed E-state index contributed by atoms with van der Waals surface area (Å²) in [4.78, 5) is 12.0. The van der Waals surface area contributed by atoms with Gasteiger partial charge < -0.3 is 10.1 Å². The molecule has 0 aromatic heterocycles. The largest absolute Gasteiger partial charge is 0.377 e. The third kappa shape index (κ3) is 6.56. The summed E-state index contributed by atoms with van der Waals surface area (Å²) in [6, 6.07) is 15.7. The van der Waals surface area contributed by atoms with E-state index in [0.717, 1.165) is 27.5 Å². The highest BCUT2D eigenvalue weighted by atomic mass is 35.5. The van der Waals surface area contributed by atoms with Crippen LogP contribution in [0.2, 0.25) is 5.02 Å². The van der Waals surface area contributed by atoms with Gasteiger partial charge in [0.05, 0.1) is 12.4 Å². The molecule has 128 valence electrons. The van der Waals surface area contributed by atoms with Gasteiger partial charge in [0.25, 0.3) is 0 Å². The summed E-state index contributed by atoms with van der Waals surface area (Å²) in [5.41, 5.74) is 3.34. The van der Waals surface area contributed by atoms with E-state index in [2.05, 4.69) is 5.32 Å². The maximum Gasteiger partial charge on any atom is 0.230 e. The van der Waals surface area contributed by atoms with Crippen LogP contribution < -0.4 is 5.32 Å². The van der Waals surface area contributed by atoms with Crippen molar-refractivity contribution in [2.24, 2.45) is 0 Å². The maximum atomic E-state index is 12.0. The predicted octanol–water partition coefficient (Wildman–Crippen LogP) is 4.43. The van der Waals surface area contributed by atoms with Crippen LogP contribution in [0.3, 0.4) is 0 Å². The molecule has 5 heteroatoms. The van der Waals surface area contributed by atoms with Gasteiger partial charge in [-0.2, -0.15) is 0 Å². The number of carbonyl (C=O) groups is 1. The Labute approximate surface area is 152 Å². The number of ether oxygens (including phenoxy) is 1. The molecule has 0 bridgehead atoms. The molecular weight excluding hydrogens is 342 g/mol. The fraction of sp³-hybridized carbons (Fsp3) is 0.316. The van der Waals surface area contributed by atoms with Gasteiger partial charge in [0.15, 0.2) is 0 Å². The average Bonchev–Trinajstić information content (AvgIpc) is 2.59. The number of hydrogen-bond acceptors (Lipinski definition) is 3. The van der Waals surface area contributed by atoms with Crippen molar-refractivity contribution in [1.29, 1.82) is 0 Å². The summed E-state index contributed by atoms with van der Waals surface area (Å²) in [6.07, 6.45) is 0. The van der Waals surface area contributed by atoms with Crippen molar-refractivity contribution in [2.75, 3.05) is 12.4 Å². The monoisotopic (exact) mass is 363 g/mol. The molecule has 0 fully saturated rings. The van der Waals surface area contributed by atoms with Crippen LogP contribution in [-0.4, -0.2) is 18.3 Å². The molecule has 0 aliphatic heterocycles. The zero-order chi connectivity index (χ0) is 17.2. The van der Waals surface area contributed by atoms with Crippen molar-refractivity contribution in [1.82, 2.24) is 5.32 Å². The first-order valence-corrected chi connectivity index (χ1v) is 9.45. The summed E-state index contributed by atoms with van der Waals surface area (Å²) < 4.78 is 5.46. The lowest BCUT2D eigenvalue weighted by atomic mass is 10.1. The summed E-state index contributed by atoms with van der Waals surface area (Å²) in [6.45, 7) is 3.76. The number of rotatable bonds is 9. The minimum atomic E-state index is 0.0354. The predicted molar refractivity (Wildman–Crippen MR) is 101 cm³/mol. The summed E-state index contributed by atoms with van der Waals surface area (Å²) in [5.74, 6) is 1.24. The molecule has 0 aliphatic rings. The van der Waals surface area contributed by atoms with Gasteiger partial charge in [-0.1, -0.05) is 48.0 Å². The Kier molecular flexibility index (Phi) is 8.16. The van der Waals surface area contributed by atoms with E-state index in [1.165, 1.54) is 0 Å². The lowest BCUT2D eigenvalue weighted by molar-refractivity contribution is -0.118. The summed E-state index contributed by atoms with van der Waals surface area (Å²) in [7, 11) is 0. The minimum Gasteiger partial charge on any atom is -0.377 e. The molecule has 2 aromatic carbocycles. The fourth-order valence-corrected chi connectivity index (χ4v) is 3.23. The third-order valence-electron chi connectivity index (χ3n) is 3.45. The van der Waals surface area contributed by atoms with Crippen LogP contribution in [0.4, 0.5) is 0 Å². The second-order valence-electron chi connectivity index (χ2n) is 5.31. The van der Waals surface area contributed by atoms with Crippen LogP contribution in [0, 0.1) is 0 Å². The van der Waals surface area contributed by atoms with E-state index in [4.69, 9.17) is 16.3 Å². The average molecular weight is 364 g/mol. The number of carbonyl (C=O) groups excluding carboxylic acids is 1. The van der Waals surface area contributed by atoms with Crippen molar-refractivity contribution in [3.8, 4) is 0 Å². The van der Waals surface area contributed by atoms with Gasteiger partial charge in [-0.15, -0.1) is 11.8 Å². The molecule has 2 aromatic rings. The normalized spacial score (nSPS) is 10.6. The molecule has 0 unspecified atom stereocenters. The zero-order valence-corrected chi connectivity index (χ0v) is 15.3. The number of hydrogen-bond donors (Lipinski definition) is 1. The highest BCUT2D eigenvalue weighted by Gasteiger charge is 2.05. The van der Waals surface area contributed by atoms with Gasteiger partial charge >= 0.3 is 0 Å². The Balaban J connectivity index is 1.75. The van der Waals surface area contributed by atoms with Crippen molar-refractivity contribution < 1.29 is 9.53 Å². The van der Waals surface area contributed by atoms with Gasteiger partial charge in [0.1, 0.15) is 0 Å². The molecule has 0 spiro atoms. The van der Waals surface area contributed by atoms with E-state index >= 15 is 0 Å². The third-order valence-corrected chi connectivity index (χ3v) is 4.69. The molecule has 0 atom stereocenters. The molecule has 24 heavy (non-hydrogen) atoms. The second-order valence-corrected chi connectivity index (χ2v) is 6.73. The smallest absolute Gasteiger partial charge is 0.230 e. The molecular formula is C19H22ClNO2S. The van der Waals surface area contributed by atoms with Crippen molar-refractivity contribution in [3.05, 3.63) is 70.2 Å². The molecule has 2 rings (SSSR count). The number of halogens is 1. The Morgan fingerprint density at radius 3 is 2.71 bits per heavy atom. The van der Waals surface area contributed by atoms with Crippen LogP contribution in [-0.2, 0) is 28.4 Å². The van der Waals surface area contributed by atoms with Crippen LogP contribution in [0.25, 0.3) is 0 Å². The zero-order valence-electron chi connectivity index (χ0n) is 13.8. The van der Waals surface area contributed by atoms with E-state index < -0.39 is 0 Å². The van der Waals surface area contributed by atoms with Crippen molar-refractivity contribution in [2.45, 2.75) is 25.8 Å². The standard InChI is InChI=1S/C19H22ClNO2S/c1-2-23-12-17-8-4-3-7-16(17)11-21-19(22)14-24-13-15-6-5-9-18(20)10-15/h3-10H,2,11-14H2,1H3,(H,21,22). The first kappa shape index (κ1) is 18.8. The molecule has 0 heterocycles. The van der Waals surface area contributed by atoms with Gasteiger partial charge in [0.2, 0.25) is 5.91 Å². The SMILES string of the molecule is CCOCc1ccccc1CNC(=O)CSCc1cccc(Cl)c1. The fourth-order valence-electron chi connectivity index (χ4n) is 2.22. The van der Waals surface area contributed by atoms with E-state index in [1.54, 1.807) is 11.8 Å². The first-order valence-electron chi connectivity index (χ1n) is 7.92.